The number of imidazole rings is 1. The van der Waals surface area contributed by atoms with Gasteiger partial charge in [-0.1, -0.05) is 91.0 Å². The van der Waals surface area contributed by atoms with Gasteiger partial charge in [0.15, 0.2) is 5.96 Å². The molecule has 0 aliphatic carbocycles. The molecular formula is C48H56N12O7S. The number of para-hydroxylation sites is 1. The first kappa shape index (κ1) is 49.7. The Morgan fingerprint density at radius 3 is 1.91 bits per heavy atom. The fourth-order valence-corrected chi connectivity index (χ4v) is 7.92. The summed E-state index contributed by atoms with van der Waals surface area (Å²) in [5.41, 5.74) is 15.4. The van der Waals surface area contributed by atoms with Gasteiger partial charge < -0.3 is 58.4 Å². The monoisotopic (exact) mass is 944 g/mol. The van der Waals surface area contributed by atoms with Crippen LogP contribution >= 0.6 is 12.6 Å². The van der Waals surface area contributed by atoms with Crippen LogP contribution in [0.5, 0.6) is 0 Å². The number of H-pyrrole nitrogens is 2. The van der Waals surface area contributed by atoms with Crippen molar-refractivity contribution in [1.82, 2.24) is 46.9 Å². The topological polar surface area (TPSA) is 315 Å². The number of carboxylic acid groups (broad SMARTS) is 1. The van der Waals surface area contributed by atoms with Gasteiger partial charge in [-0.15, -0.1) is 0 Å². The number of nitrogens with one attached hydrogen (secondary N) is 9. The van der Waals surface area contributed by atoms with Crippen molar-refractivity contribution in [1.29, 1.82) is 5.41 Å². The first-order chi connectivity index (χ1) is 32.8. The number of rotatable bonds is 24. The summed E-state index contributed by atoms with van der Waals surface area (Å²) in [6, 6.07) is 21.9. The number of benzene rings is 4. The molecule has 356 valence electrons. The second kappa shape index (κ2) is 24.2. The lowest BCUT2D eigenvalue weighted by Crippen LogP contribution is -2.60. The smallest absolute Gasteiger partial charge is 0.327 e. The third-order valence-electron chi connectivity index (χ3n) is 11.3. The second-order valence-electron chi connectivity index (χ2n) is 16.3. The molecule has 2 heterocycles. The van der Waals surface area contributed by atoms with Gasteiger partial charge in [0.25, 0.3) is 0 Å². The molecule has 5 amide bonds. The predicted octanol–water partition coefficient (Wildman–Crippen LogP) is 1.34. The summed E-state index contributed by atoms with van der Waals surface area (Å²) < 4.78 is 0. The molecule has 0 saturated carbocycles. The van der Waals surface area contributed by atoms with E-state index in [2.05, 4.69) is 59.5 Å². The maximum absolute atomic E-state index is 14.5. The SMILES string of the molecule is N=C(N)NCCC[C@H](NC(=O)[C@@H](Cc1ccccc1)NC(=O)[C@H](Cc1c[nH]cn1)NC(=O)[C@@H](N)Cc1c[nH]c2ccccc12)C(=O)N[C@@H](Cc1ccc2ccccc2c1)C(=O)N[C@H](CS)C(=O)O. The molecule has 4 aromatic carbocycles. The predicted molar refractivity (Wildman–Crippen MR) is 260 cm³/mol. The molecule has 6 aromatic rings. The molecule has 0 aliphatic rings. The largest absolute Gasteiger partial charge is 0.480 e. The summed E-state index contributed by atoms with van der Waals surface area (Å²) in [5, 5.41) is 36.2. The number of hydrogen-bond donors (Lipinski definition) is 13. The van der Waals surface area contributed by atoms with Gasteiger partial charge in [0.05, 0.1) is 18.1 Å². The van der Waals surface area contributed by atoms with Gasteiger partial charge in [-0.25, -0.2) is 9.78 Å². The zero-order chi connectivity index (χ0) is 48.6. The van der Waals surface area contributed by atoms with Crippen molar-refractivity contribution in [3.05, 3.63) is 138 Å². The zero-order valence-corrected chi connectivity index (χ0v) is 37.9. The molecule has 0 unspecified atom stereocenters. The highest BCUT2D eigenvalue weighted by Gasteiger charge is 2.33. The molecule has 6 atom stereocenters. The summed E-state index contributed by atoms with van der Waals surface area (Å²) in [6.07, 6.45) is 5.00. The molecule has 0 spiro atoms. The summed E-state index contributed by atoms with van der Waals surface area (Å²) in [6.45, 7) is 0.152. The van der Waals surface area contributed by atoms with E-state index < -0.39 is 71.8 Å². The van der Waals surface area contributed by atoms with E-state index in [1.165, 1.54) is 6.33 Å². The number of carbonyl (C=O) groups is 6. The molecule has 6 rings (SSSR count). The maximum atomic E-state index is 14.5. The molecule has 0 fully saturated rings. The Morgan fingerprint density at radius 1 is 0.662 bits per heavy atom. The molecule has 14 N–H and O–H groups in total. The highest BCUT2D eigenvalue weighted by atomic mass is 32.1. The first-order valence-corrected chi connectivity index (χ1v) is 22.6. The van der Waals surface area contributed by atoms with Crippen LogP contribution in [0.25, 0.3) is 21.7 Å². The standard InChI is InChI=1S/C48H56N12O7S/c49-35(22-32-24-54-36-14-7-6-13-34(32)36)42(61)57-40(23-33-25-52-27-55-33)46(65)59-38(20-28-9-2-1-3-10-28)44(63)56-37(15-8-18-53-48(50)51)43(62)58-39(45(64)60-41(26-68)47(66)67)21-29-16-17-30-11-4-5-12-31(30)19-29/h1-7,9-14,16-17,19,24-25,27,35,37-41,54,68H,8,15,18,20-23,26,49H2,(H,52,55)(H,56,63)(H,57,61)(H,58,62)(H,59,65)(H,60,64)(H,66,67)(H4,50,51,53)/t35-,37-,38+,39-,40-,41+/m0/s1. The van der Waals surface area contributed by atoms with E-state index in [9.17, 15) is 33.9 Å². The highest BCUT2D eigenvalue weighted by Crippen LogP contribution is 2.20. The van der Waals surface area contributed by atoms with Crippen LogP contribution in [0, 0.1) is 5.41 Å². The fourth-order valence-electron chi connectivity index (χ4n) is 7.67. The van der Waals surface area contributed by atoms with Crippen LogP contribution in [0.15, 0.2) is 116 Å². The number of aliphatic carboxylic acids is 1. The summed E-state index contributed by atoms with van der Waals surface area (Å²) in [7, 11) is 0. The lowest BCUT2D eigenvalue weighted by molar-refractivity contribution is -0.141. The Labute approximate surface area is 397 Å². The Balaban J connectivity index is 1.24. The Kier molecular flexibility index (Phi) is 17.7. The Bertz CT molecular complexity index is 2700. The van der Waals surface area contributed by atoms with Crippen LogP contribution in [0.4, 0.5) is 0 Å². The van der Waals surface area contributed by atoms with Crippen molar-refractivity contribution in [2.75, 3.05) is 12.3 Å². The van der Waals surface area contributed by atoms with Crippen molar-refractivity contribution < 1.29 is 33.9 Å². The number of nitrogens with two attached hydrogens (primary N) is 2. The molecule has 68 heavy (non-hydrogen) atoms. The zero-order valence-electron chi connectivity index (χ0n) is 37.0. The molecule has 0 radical (unpaired) electrons. The Hall–Kier alpha value is -7.71. The molecular weight excluding hydrogens is 889 g/mol. The molecule has 0 saturated heterocycles. The van der Waals surface area contributed by atoms with Crippen molar-refractivity contribution in [2.45, 2.75) is 74.8 Å². The highest BCUT2D eigenvalue weighted by molar-refractivity contribution is 7.80. The number of nitrogens with zero attached hydrogens (tertiary/aromatic N) is 1. The van der Waals surface area contributed by atoms with Crippen molar-refractivity contribution in [2.24, 2.45) is 11.5 Å². The number of fused-ring (bicyclic) bond motifs is 2. The van der Waals surface area contributed by atoms with Crippen LogP contribution in [-0.2, 0) is 54.5 Å². The summed E-state index contributed by atoms with van der Waals surface area (Å²) >= 11 is 4.08. The normalized spacial score (nSPS) is 13.8. The van der Waals surface area contributed by atoms with E-state index in [0.717, 1.165) is 27.2 Å². The number of aromatic amines is 2. The number of aromatic nitrogens is 3. The van der Waals surface area contributed by atoms with Crippen LogP contribution in [0.3, 0.4) is 0 Å². The lowest BCUT2D eigenvalue weighted by atomic mass is 10.00. The fraction of sp³-hybridized carbons (Fsp3) is 0.292. The van der Waals surface area contributed by atoms with Crippen LogP contribution < -0.4 is 43.4 Å². The average Bonchev–Trinajstić information content (AvgIpc) is 4.01. The van der Waals surface area contributed by atoms with Crippen molar-refractivity contribution >= 4 is 75.8 Å². The minimum atomic E-state index is -1.37. The van der Waals surface area contributed by atoms with E-state index in [1.54, 1.807) is 48.8 Å². The minimum absolute atomic E-state index is 0.0191. The van der Waals surface area contributed by atoms with Gasteiger partial charge in [-0.2, -0.15) is 12.6 Å². The molecule has 2 aromatic heterocycles. The number of guanidine groups is 1. The van der Waals surface area contributed by atoms with Crippen LogP contribution in [0.2, 0.25) is 0 Å². The summed E-state index contributed by atoms with van der Waals surface area (Å²) in [5.74, 6) is -5.53. The lowest BCUT2D eigenvalue weighted by Gasteiger charge is -2.27. The molecule has 0 bridgehead atoms. The molecule has 20 heteroatoms. The third-order valence-corrected chi connectivity index (χ3v) is 11.6. The number of thiol groups is 1. The second-order valence-corrected chi connectivity index (χ2v) is 16.7. The molecule has 0 aliphatic heterocycles. The molecule has 19 nitrogen and oxygen atoms in total. The van der Waals surface area contributed by atoms with Gasteiger partial charge >= 0.3 is 5.97 Å². The van der Waals surface area contributed by atoms with E-state index in [0.29, 0.717) is 16.8 Å². The van der Waals surface area contributed by atoms with Crippen LogP contribution in [-0.4, -0.2) is 110 Å². The van der Waals surface area contributed by atoms with Gasteiger partial charge in [-0.3, -0.25) is 29.4 Å². The average molecular weight is 945 g/mol. The first-order valence-electron chi connectivity index (χ1n) is 22.0. The number of hydrogen-bond acceptors (Lipinski definition) is 10. The van der Waals surface area contributed by atoms with E-state index in [-0.39, 0.29) is 56.8 Å². The Morgan fingerprint density at radius 2 is 1.25 bits per heavy atom. The van der Waals surface area contributed by atoms with E-state index >= 15 is 0 Å². The maximum Gasteiger partial charge on any atom is 0.327 e. The van der Waals surface area contributed by atoms with Crippen molar-refractivity contribution in [3.8, 4) is 0 Å². The van der Waals surface area contributed by atoms with E-state index in [4.69, 9.17) is 16.9 Å². The van der Waals surface area contributed by atoms with Gasteiger partial charge in [0.2, 0.25) is 29.5 Å². The van der Waals surface area contributed by atoms with Crippen molar-refractivity contribution in [3.63, 3.8) is 0 Å². The van der Waals surface area contributed by atoms with Gasteiger partial charge in [0, 0.05) is 54.9 Å². The van der Waals surface area contributed by atoms with Gasteiger partial charge in [0.1, 0.15) is 30.2 Å². The minimum Gasteiger partial charge on any atom is -0.480 e. The number of carboxylic acids is 1. The number of amides is 5. The summed E-state index contributed by atoms with van der Waals surface area (Å²) in [4.78, 5) is 93.0. The van der Waals surface area contributed by atoms with E-state index in [1.807, 2.05) is 60.7 Å². The number of carbonyl (C=O) groups excluding carboxylic acids is 5. The quantitative estimate of drug-likeness (QED) is 0.0178. The van der Waals surface area contributed by atoms with Crippen LogP contribution in [0.1, 0.15) is 35.2 Å². The third kappa shape index (κ3) is 14.1. The van der Waals surface area contributed by atoms with Gasteiger partial charge in [-0.05, 0) is 52.8 Å².